The molecule has 25 heavy (non-hydrogen) atoms. The van der Waals surface area contributed by atoms with E-state index in [0.29, 0.717) is 38.5 Å². The summed E-state index contributed by atoms with van der Waals surface area (Å²) in [6.07, 6.45) is 2.82. The van der Waals surface area contributed by atoms with Crippen LogP contribution in [0.5, 0.6) is 0 Å². The Kier molecular flexibility index (Phi) is 4.59. The Hall–Kier alpha value is -2.29. The van der Waals surface area contributed by atoms with Crippen molar-refractivity contribution in [1.29, 1.82) is 0 Å². The molecule has 0 bridgehead atoms. The lowest BCUT2D eigenvalue weighted by Gasteiger charge is -2.46. The largest absolute Gasteiger partial charge is 0.348 e. The standard InChI is InChI=1S/C16H23FN6O2/c1-20(2)13(24)10-23-7-6-21(3)14(25)16(23)4-5-22(11-16)15-18-8-12(17)9-19-15/h8-9H,4-7,10-11H2,1-3H3/t16-/m1/s1. The molecule has 0 saturated carbocycles. The molecule has 1 atom stereocenters. The smallest absolute Gasteiger partial charge is 0.244 e. The number of hydrogen-bond acceptors (Lipinski definition) is 6. The SMILES string of the molecule is CN(C)C(=O)CN1CCN(C)C(=O)[C@]12CCN(c1ncc(F)cn1)C2. The lowest BCUT2D eigenvalue weighted by molar-refractivity contribution is -0.150. The maximum atomic E-state index is 13.1. The van der Waals surface area contributed by atoms with Crippen molar-refractivity contribution in [3.05, 3.63) is 18.2 Å². The van der Waals surface area contributed by atoms with Crippen LogP contribution in [0.1, 0.15) is 6.42 Å². The molecule has 0 N–H and O–H groups in total. The summed E-state index contributed by atoms with van der Waals surface area (Å²) in [4.78, 5) is 40.3. The second-order valence-corrected chi connectivity index (χ2v) is 6.84. The van der Waals surface area contributed by atoms with Crippen molar-refractivity contribution in [1.82, 2.24) is 24.7 Å². The van der Waals surface area contributed by atoms with Gasteiger partial charge in [0.25, 0.3) is 0 Å². The zero-order chi connectivity index (χ0) is 18.2. The topological polar surface area (TPSA) is 72.9 Å². The van der Waals surface area contributed by atoms with Crippen LogP contribution in [0.15, 0.2) is 12.4 Å². The first-order valence-electron chi connectivity index (χ1n) is 8.27. The predicted octanol–water partition coefficient (Wildman–Crippen LogP) is -0.573. The Bertz CT molecular complexity index is 667. The van der Waals surface area contributed by atoms with Crippen LogP contribution in [-0.4, -0.2) is 95.9 Å². The first-order chi connectivity index (χ1) is 11.8. The van der Waals surface area contributed by atoms with Crippen molar-refractivity contribution in [3.63, 3.8) is 0 Å². The Morgan fingerprint density at radius 2 is 1.96 bits per heavy atom. The molecule has 2 amide bonds. The molecule has 1 aromatic rings. The molecule has 9 heteroatoms. The van der Waals surface area contributed by atoms with E-state index in [0.717, 1.165) is 12.4 Å². The fourth-order valence-corrected chi connectivity index (χ4v) is 3.48. The number of hydrogen-bond donors (Lipinski definition) is 0. The van der Waals surface area contributed by atoms with E-state index < -0.39 is 11.4 Å². The number of anilines is 1. The van der Waals surface area contributed by atoms with Crippen LogP contribution in [0.25, 0.3) is 0 Å². The molecule has 0 aliphatic carbocycles. The number of piperazine rings is 1. The molecule has 1 spiro atoms. The normalized spacial score (nSPS) is 24.2. The van der Waals surface area contributed by atoms with Gasteiger partial charge in [0, 0.05) is 47.3 Å². The number of aromatic nitrogens is 2. The average molecular weight is 350 g/mol. The zero-order valence-corrected chi connectivity index (χ0v) is 14.8. The second-order valence-electron chi connectivity index (χ2n) is 6.84. The van der Waals surface area contributed by atoms with Gasteiger partial charge in [-0.1, -0.05) is 0 Å². The summed E-state index contributed by atoms with van der Waals surface area (Å²) in [6.45, 7) is 2.40. The fraction of sp³-hybridized carbons (Fsp3) is 0.625. The fourth-order valence-electron chi connectivity index (χ4n) is 3.48. The molecule has 3 heterocycles. The van der Waals surface area contributed by atoms with Crippen molar-refractivity contribution < 1.29 is 14.0 Å². The van der Waals surface area contributed by atoms with Crippen LogP contribution in [-0.2, 0) is 9.59 Å². The van der Waals surface area contributed by atoms with Gasteiger partial charge in [-0.15, -0.1) is 0 Å². The Balaban J connectivity index is 1.85. The van der Waals surface area contributed by atoms with Crippen molar-refractivity contribution in [2.75, 3.05) is 58.8 Å². The van der Waals surface area contributed by atoms with Crippen molar-refractivity contribution in [2.24, 2.45) is 0 Å². The third kappa shape index (κ3) is 3.15. The molecule has 2 aliphatic heterocycles. The van der Waals surface area contributed by atoms with Gasteiger partial charge < -0.3 is 14.7 Å². The first-order valence-corrected chi connectivity index (χ1v) is 8.27. The van der Waals surface area contributed by atoms with Gasteiger partial charge in [0.05, 0.1) is 18.9 Å². The van der Waals surface area contributed by atoms with Crippen LogP contribution in [0, 0.1) is 5.82 Å². The maximum absolute atomic E-state index is 13.1. The predicted molar refractivity (Wildman–Crippen MR) is 89.5 cm³/mol. The number of likely N-dealkylation sites (N-methyl/N-ethyl adjacent to an activating group) is 2. The Labute approximate surface area is 146 Å². The van der Waals surface area contributed by atoms with Crippen LogP contribution in [0.4, 0.5) is 10.3 Å². The van der Waals surface area contributed by atoms with E-state index in [1.165, 1.54) is 4.90 Å². The summed E-state index contributed by atoms with van der Waals surface area (Å²) in [7, 11) is 5.20. The van der Waals surface area contributed by atoms with E-state index in [4.69, 9.17) is 0 Å². The van der Waals surface area contributed by atoms with Gasteiger partial charge in [-0.05, 0) is 6.42 Å². The van der Waals surface area contributed by atoms with Crippen LogP contribution in [0.3, 0.4) is 0 Å². The minimum absolute atomic E-state index is 0.00918. The number of halogens is 1. The van der Waals surface area contributed by atoms with Crippen LogP contribution < -0.4 is 4.90 Å². The summed E-state index contributed by atoms with van der Waals surface area (Å²) in [5.74, 6) is -0.120. The summed E-state index contributed by atoms with van der Waals surface area (Å²) < 4.78 is 13.1. The van der Waals surface area contributed by atoms with Crippen LogP contribution in [0.2, 0.25) is 0 Å². The summed E-state index contributed by atoms with van der Waals surface area (Å²) in [5.41, 5.74) is -0.767. The number of nitrogens with zero attached hydrogens (tertiary/aromatic N) is 6. The highest BCUT2D eigenvalue weighted by molar-refractivity contribution is 5.89. The summed E-state index contributed by atoms with van der Waals surface area (Å²) in [5, 5.41) is 0. The molecule has 0 radical (unpaired) electrons. The van der Waals surface area contributed by atoms with E-state index in [1.54, 1.807) is 26.0 Å². The Morgan fingerprint density at radius 1 is 1.28 bits per heavy atom. The molecule has 1 aromatic heterocycles. The van der Waals surface area contributed by atoms with E-state index >= 15 is 0 Å². The lowest BCUT2D eigenvalue weighted by atomic mass is 9.91. The molecular weight excluding hydrogens is 327 g/mol. The highest BCUT2D eigenvalue weighted by Gasteiger charge is 2.53. The van der Waals surface area contributed by atoms with E-state index in [1.807, 2.05) is 9.80 Å². The number of amides is 2. The van der Waals surface area contributed by atoms with Gasteiger partial charge in [0.1, 0.15) is 5.54 Å². The number of carbonyl (C=O) groups excluding carboxylic acids is 2. The summed E-state index contributed by atoms with van der Waals surface area (Å²) in [6, 6.07) is 0. The number of carbonyl (C=O) groups is 2. The van der Waals surface area contributed by atoms with Gasteiger partial charge in [0.2, 0.25) is 17.8 Å². The molecule has 8 nitrogen and oxygen atoms in total. The monoisotopic (exact) mass is 350 g/mol. The molecule has 2 saturated heterocycles. The molecular formula is C16H23FN6O2. The minimum atomic E-state index is -0.767. The quantitative estimate of drug-likeness (QED) is 0.727. The second kappa shape index (κ2) is 6.55. The third-order valence-corrected chi connectivity index (χ3v) is 5.02. The van der Waals surface area contributed by atoms with E-state index in [-0.39, 0.29) is 18.4 Å². The molecule has 0 aromatic carbocycles. The lowest BCUT2D eigenvalue weighted by Crippen LogP contribution is -2.67. The minimum Gasteiger partial charge on any atom is -0.348 e. The van der Waals surface area contributed by atoms with E-state index in [2.05, 4.69) is 9.97 Å². The van der Waals surface area contributed by atoms with Crippen molar-refractivity contribution in [2.45, 2.75) is 12.0 Å². The molecule has 2 aliphatic rings. The average Bonchev–Trinajstić information content (AvgIpc) is 3.02. The van der Waals surface area contributed by atoms with Gasteiger partial charge in [-0.3, -0.25) is 14.5 Å². The van der Waals surface area contributed by atoms with Gasteiger partial charge in [-0.25, -0.2) is 14.4 Å². The highest BCUT2D eigenvalue weighted by Crippen LogP contribution is 2.34. The van der Waals surface area contributed by atoms with Crippen molar-refractivity contribution >= 4 is 17.8 Å². The van der Waals surface area contributed by atoms with Gasteiger partial charge in [0.15, 0.2) is 5.82 Å². The van der Waals surface area contributed by atoms with Crippen molar-refractivity contribution in [3.8, 4) is 0 Å². The molecule has 3 rings (SSSR count). The number of rotatable bonds is 3. The Morgan fingerprint density at radius 3 is 2.60 bits per heavy atom. The highest BCUT2D eigenvalue weighted by atomic mass is 19.1. The third-order valence-electron chi connectivity index (χ3n) is 5.02. The zero-order valence-electron chi connectivity index (χ0n) is 14.8. The van der Waals surface area contributed by atoms with Gasteiger partial charge in [-0.2, -0.15) is 0 Å². The van der Waals surface area contributed by atoms with E-state index in [9.17, 15) is 14.0 Å². The molecule has 136 valence electrons. The maximum Gasteiger partial charge on any atom is 0.244 e. The molecule has 0 unspecified atom stereocenters. The first kappa shape index (κ1) is 17.5. The van der Waals surface area contributed by atoms with Gasteiger partial charge >= 0.3 is 0 Å². The van der Waals surface area contributed by atoms with Crippen LogP contribution >= 0.6 is 0 Å². The summed E-state index contributed by atoms with van der Waals surface area (Å²) >= 11 is 0. The molecule has 2 fully saturated rings.